The van der Waals surface area contributed by atoms with Gasteiger partial charge in [0, 0.05) is 17.9 Å². The number of benzene rings is 2. The van der Waals surface area contributed by atoms with Gasteiger partial charge in [0.2, 0.25) is 0 Å². The van der Waals surface area contributed by atoms with E-state index in [4.69, 9.17) is 9.84 Å². The van der Waals surface area contributed by atoms with Gasteiger partial charge in [0.25, 0.3) is 0 Å². The lowest BCUT2D eigenvalue weighted by Gasteiger charge is -2.20. The number of ether oxygens (including phenoxy) is 1. The lowest BCUT2D eigenvalue weighted by Crippen LogP contribution is -2.21. The Labute approximate surface area is 222 Å². The molecule has 2 aliphatic carbocycles. The van der Waals surface area contributed by atoms with Gasteiger partial charge in [0.15, 0.2) is 0 Å². The summed E-state index contributed by atoms with van der Waals surface area (Å²) < 4.78 is 21.1. The Hall–Kier alpha value is -3.52. The summed E-state index contributed by atoms with van der Waals surface area (Å²) in [4.78, 5) is 20.0. The van der Waals surface area contributed by atoms with Crippen LogP contribution in [-0.2, 0) is 11.2 Å². The lowest BCUT2D eigenvalue weighted by molar-refractivity contribution is -0.138. The minimum atomic E-state index is -0.800. The second-order valence-corrected chi connectivity index (χ2v) is 11.2. The molecule has 1 aromatic heterocycles. The summed E-state index contributed by atoms with van der Waals surface area (Å²) in [6.07, 6.45) is 5.81. The maximum absolute atomic E-state index is 15.2. The molecule has 8 heteroatoms. The number of aliphatic carboxylic acids is 1. The molecule has 0 unspecified atom stereocenters. The fraction of sp³-hybridized carbons (Fsp3) is 0.433. The van der Waals surface area contributed by atoms with Gasteiger partial charge in [-0.3, -0.25) is 9.78 Å². The molecule has 3 N–H and O–H groups in total. The first-order valence-corrected chi connectivity index (χ1v) is 13.1. The van der Waals surface area contributed by atoms with E-state index in [1.54, 1.807) is 26.2 Å². The number of rotatable bonds is 9. The molecule has 2 aliphatic rings. The van der Waals surface area contributed by atoms with Crippen molar-refractivity contribution in [2.75, 3.05) is 11.9 Å². The lowest BCUT2D eigenvalue weighted by atomic mass is 9.90. The van der Waals surface area contributed by atoms with Crippen LogP contribution >= 0.6 is 0 Å². The van der Waals surface area contributed by atoms with Gasteiger partial charge in [-0.05, 0) is 93.0 Å². The first kappa shape index (κ1) is 26.1. The van der Waals surface area contributed by atoms with E-state index >= 15 is 4.39 Å². The first-order chi connectivity index (χ1) is 18.0. The van der Waals surface area contributed by atoms with E-state index < -0.39 is 11.6 Å². The minimum absolute atomic E-state index is 0.0777. The van der Waals surface area contributed by atoms with E-state index in [2.05, 4.69) is 15.3 Å². The SMILES string of the molecule is Cc1cc(OCCC(C)(C)O)cc(C)c1-c1ccc(F)c2c1CC[C@H]2Nc1cnc([C@@H]2C[C@H]2C(=O)O)cn1. The Morgan fingerprint density at radius 1 is 1.18 bits per heavy atom. The number of aromatic nitrogens is 2. The number of carboxylic acids is 1. The van der Waals surface area contributed by atoms with Crippen molar-refractivity contribution in [2.24, 2.45) is 5.92 Å². The third-order valence-electron chi connectivity index (χ3n) is 7.57. The number of nitrogens with zero attached hydrogens (tertiary/aromatic N) is 2. The number of carbonyl (C=O) groups is 1. The quantitative estimate of drug-likeness (QED) is 0.332. The molecule has 0 spiro atoms. The van der Waals surface area contributed by atoms with E-state index in [-0.39, 0.29) is 23.7 Å². The Morgan fingerprint density at radius 3 is 2.53 bits per heavy atom. The highest BCUT2D eigenvalue weighted by molar-refractivity contribution is 5.77. The molecule has 1 heterocycles. The number of carboxylic acid groups (broad SMARTS) is 1. The minimum Gasteiger partial charge on any atom is -0.493 e. The fourth-order valence-electron chi connectivity index (χ4n) is 5.52. The zero-order valence-electron chi connectivity index (χ0n) is 22.2. The van der Waals surface area contributed by atoms with Crippen molar-refractivity contribution in [3.63, 3.8) is 0 Å². The molecule has 38 heavy (non-hydrogen) atoms. The van der Waals surface area contributed by atoms with E-state index in [1.165, 1.54) is 6.07 Å². The zero-order chi connectivity index (χ0) is 27.2. The predicted molar refractivity (Wildman–Crippen MR) is 143 cm³/mol. The average molecular weight is 520 g/mol. The van der Waals surface area contributed by atoms with Crippen LogP contribution in [0.3, 0.4) is 0 Å². The van der Waals surface area contributed by atoms with Crippen molar-refractivity contribution >= 4 is 11.8 Å². The van der Waals surface area contributed by atoms with E-state index in [0.717, 1.165) is 46.4 Å². The molecule has 5 rings (SSSR count). The molecule has 7 nitrogen and oxygen atoms in total. The first-order valence-electron chi connectivity index (χ1n) is 13.1. The number of anilines is 1. The third kappa shape index (κ3) is 5.36. The van der Waals surface area contributed by atoms with Gasteiger partial charge in [0.1, 0.15) is 17.4 Å². The zero-order valence-corrected chi connectivity index (χ0v) is 22.2. The highest BCUT2D eigenvalue weighted by Gasteiger charge is 2.45. The number of aliphatic hydroxyl groups is 1. The fourth-order valence-corrected chi connectivity index (χ4v) is 5.52. The van der Waals surface area contributed by atoms with Crippen LogP contribution in [-0.4, -0.2) is 38.4 Å². The normalized spacial score (nSPS) is 20.2. The molecule has 0 amide bonds. The molecule has 0 saturated heterocycles. The summed E-state index contributed by atoms with van der Waals surface area (Å²) in [5, 5.41) is 22.4. The van der Waals surface area contributed by atoms with Crippen molar-refractivity contribution in [1.29, 1.82) is 0 Å². The molecule has 0 aliphatic heterocycles. The number of halogens is 1. The van der Waals surface area contributed by atoms with Crippen molar-refractivity contribution in [3.8, 4) is 16.9 Å². The summed E-state index contributed by atoms with van der Waals surface area (Å²) in [6, 6.07) is 7.17. The Kier molecular flexibility index (Phi) is 6.86. The average Bonchev–Trinajstić information content (AvgIpc) is 3.54. The predicted octanol–water partition coefficient (Wildman–Crippen LogP) is 5.73. The molecule has 2 aromatic carbocycles. The number of fused-ring (bicyclic) bond motifs is 1. The van der Waals surface area contributed by atoms with Crippen molar-refractivity contribution in [2.45, 2.75) is 70.9 Å². The number of hydrogen-bond donors (Lipinski definition) is 3. The summed E-state index contributed by atoms with van der Waals surface area (Å²) in [5.74, 6) is -0.194. The molecular weight excluding hydrogens is 485 g/mol. The van der Waals surface area contributed by atoms with Gasteiger partial charge in [-0.1, -0.05) is 6.07 Å². The Bertz CT molecular complexity index is 1340. The molecule has 3 atom stereocenters. The maximum atomic E-state index is 15.2. The number of aryl methyl sites for hydroxylation is 2. The second-order valence-electron chi connectivity index (χ2n) is 11.2. The summed E-state index contributed by atoms with van der Waals surface area (Å²) in [5.41, 5.74) is 5.77. The summed E-state index contributed by atoms with van der Waals surface area (Å²) >= 11 is 0. The van der Waals surface area contributed by atoms with Gasteiger partial charge in [0.05, 0.1) is 42.3 Å². The molecule has 200 valence electrons. The van der Waals surface area contributed by atoms with E-state index in [1.807, 2.05) is 32.0 Å². The summed E-state index contributed by atoms with van der Waals surface area (Å²) in [6.45, 7) is 8.03. The topological polar surface area (TPSA) is 105 Å². The van der Waals surface area contributed by atoms with Crippen LogP contribution in [0.5, 0.6) is 5.75 Å². The van der Waals surface area contributed by atoms with E-state index in [9.17, 15) is 9.90 Å². The summed E-state index contributed by atoms with van der Waals surface area (Å²) in [7, 11) is 0. The number of nitrogens with one attached hydrogen (secondary N) is 1. The van der Waals surface area contributed by atoms with Crippen molar-refractivity contribution in [3.05, 3.63) is 70.4 Å². The van der Waals surface area contributed by atoms with Crippen molar-refractivity contribution in [1.82, 2.24) is 9.97 Å². The van der Waals surface area contributed by atoms with Gasteiger partial charge in [-0.2, -0.15) is 0 Å². The standard InChI is InChI=1S/C30H34FN3O4/c1-16-11-18(38-10-9-30(3,4)37)12-17(2)27(16)19-5-7-23(31)28-20(19)6-8-24(28)34-26-15-32-25(14-33-26)21-13-22(21)29(35)36/h5,7,11-12,14-15,21-22,24,37H,6,8-10,13H2,1-4H3,(H,33,34)(H,35,36)/t21-,22-,24-/m1/s1. The molecule has 0 radical (unpaired) electrons. The highest BCUT2D eigenvalue weighted by atomic mass is 19.1. The molecule has 3 aromatic rings. The molecular formula is C30H34FN3O4. The maximum Gasteiger partial charge on any atom is 0.307 e. The van der Waals surface area contributed by atoms with Crippen molar-refractivity contribution < 1.29 is 24.1 Å². The van der Waals surface area contributed by atoms with Crippen LogP contribution in [0.1, 0.15) is 73.0 Å². The monoisotopic (exact) mass is 519 g/mol. The largest absolute Gasteiger partial charge is 0.493 e. The van der Waals surface area contributed by atoms with Crippen LogP contribution < -0.4 is 10.1 Å². The van der Waals surface area contributed by atoms with Crippen LogP contribution in [0.25, 0.3) is 11.1 Å². The van der Waals surface area contributed by atoms with Gasteiger partial charge in [-0.15, -0.1) is 0 Å². The van der Waals surface area contributed by atoms with E-state index in [0.29, 0.717) is 36.5 Å². The third-order valence-corrected chi connectivity index (χ3v) is 7.57. The highest BCUT2D eigenvalue weighted by Crippen LogP contribution is 2.47. The Balaban J connectivity index is 1.36. The number of hydrogen-bond acceptors (Lipinski definition) is 6. The van der Waals surface area contributed by atoms with Crippen LogP contribution in [0.15, 0.2) is 36.7 Å². The van der Waals surface area contributed by atoms with Crippen LogP contribution in [0.2, 0.25) is 0 Å². The second kappa shape index (κ2) is 9.98. The van der Waals surface area contributed by atoms with Gasteiger partial charge >= 0.3 is 5.97 Å². The molecule has 0 bridgehead atoms. The van der Waals surface area contributed by atoms with Crippen LogP contribution in [0, 0.1) is 25.6 Å². The van der Waals surface area contributed by atoms with Crippen LogP contribution in [0.4, 0.5) is 10.2 Å². The molecule has 1 saturated carbocycles. The smallest absolute Gasteiger partial charge is 0.307 e. The van der Waals surface area contributed by atoms with Gasteiger partial charge in [-0.25, -0.2) is 9.37 Å². The molecule has 1 fully saturated rings. The Morgan fingerprint density at radius 2 is 1.92 bits per heavy atom. The van der Waals surface area contributed by atoms with Gasteiger partial charge < -0.3 is 20.3 Å².